The summed E-state index contributed by atoms with van der Waals surface area (Å²) < 4.78 is 3.11. The van der Waals surface area contributed by atoms with Crippen molar-refractivity contribution >= 4 is 16.9 Å². The van der Waals surface area contributed by atoms with Crippen molar-refractivity contribution in [2.45, 2.75) is 6.54 Å². The van der Waals surface area contributed by atoms with Crippen molar-refractivity contribution in [2.24, 2.45) is 7.05 Å². The van der Waals surface area contributed by atoms with Gasteiger partial charge in [0.2, 0.25) is 0 Å². The maximum Gasteiger partial charge on any atom is 0.252 e. The quantitative estimate of drug-likeness (QED) is 0.651. The fourth-order valence-electron chi connectivity index (χ4n) is 1.73. The van der Waals surface area contributed by atoms with Crippen LogP contribution < -0.4 is 5.73 Å². The summed E-state index contributed by atoms with van der Waals surface area (Å²) in [6.07, 6.45) is 3.07. The minimum absolute atomic E-state index is 0.106. The molecule has 19 heavy (non-hydrogen) atoms. The Labute approximate surface area is 107 Å². The average molecular weight is 255 g/mol. The van der Waals surface area contributed by atoms with Crippen LogP contribution in [0.25, 0.3) is 11.0 Å². The number of anilines is 1. The highest BCUT2D eigenvalue weighted by Crippen LogP contribution is 2.16. The highest BCUT2D eigenvalue weighted by atomic mass is 15.3. The van der Waals surface area contributed by atoms with Crippen LogP contribution in [0.4, 0.5) is 5.82 Å². The summed E-state index contributed by atoms with van der Waals surface area (Å²) in [6.45, 7) is 0.292. The Kier molecular flexibility index (Phi) is 2.35. The molecule has 0 saturated heterocycles. The lowest BCUT2D eigenvalue weighted by Crippen LogP contribution is -2.08. The summed E-state index contributed by atoms with van der Waals surface area (Å²) in [6, 6.07) is 1.86. The third-order valence-electron chi connectivity index (χ3n) is 2.61. The SMILES string of the molecule is Cn1ncc2c(N)nc(Cn3cnc(C#N)n3)nc21. The fraction of sp³-hybridized carbons (Fsp3) is 0.200. The highest BCUT2D eigenvalue weighted by molar-refractivity contribution is 5.84. The van der Waals surface area contributed by atoms with Crippen LogP contribution in [0.15, 0.2) is 12.5 Å². The zero-order chi connectivity index (χ0) is 13.4. The number of fused-ring (bicyclic) bond motifs is 1. The smallest absolute Gasteiger partial charge is 0.252 e. The molecular formula is C10H9N9. The Morgan fingerprint density at radius 2 is 2.26 bits per heavy atom. The molecule has 9 heteroatoms. The van der Waals surface area contributed by atoms with E-state index < -0.39 is 0 Å². The van der Waals surface area contributed by atoms with Gasteiger partial charge in [-0.1, -0.05) is 0 Å². The van der Waals surface area contributed by atoms with E-state index in [1.54, 1.807) is 17.9 Å². The standard InChI is InChI=1S/C10H9N9/c1-18-10-6(3-14-18)9(12)15-8(16-10)4-19-5-13-7(2-11)17-19/h3,5H,4H2,1H3,(H2,12,15,16). The molecule has 3 aromatic heterocycles. The molecule has 3 rings (SSSR count). The highest BCUT2D eigenvalue weighted by Gasteiger charge is 2.10. The van der Waals surface area contributed by atoms with Crippen molar-refractivity contribution in [3.63, 3.8) is 0 Å². The molecule has 0 unspecified atom stereocenters. The molecule has 3 heterocycles. The normalized spacial score (nSPS) is 10.7. The molecule has 0 aliphatic rings. The van der Waals surface area contributed by atoms with E-state index in [1.807, 2.05) is 6.07 Å². The molecule has 3 aromatic rings. The zero-order valence-corrected chi connectivity index (χ0v) is 10.0. The van der Waals surface area contributed by atoms with Crippen molar-refractivity contribution in [3.05, 3.63) is 24.2 Å². The van der Waals surface area contributed by atoms with Crippen LogP contribution in [-0.2, 0) is 13.6 Å². The number of rotatable bonds is 2. The maximum absolute atomic E-state index is 8.66. The molecule has 0 spiro atoms. The van der Waals surface area contributed by atoms with Gasteiger partial charge in [0, 0.05) is 7.05 Å². The summed E-state index contributed by atoms with van der Waals surface area (Å²) >= 11 is 0. The molecule has 94 valence electrons. The largest absolute Gasteiger partial charge is 0.383 e. The van der Waals surface area contributed by atoms with E-state index in [1.165, 1.54) is 11.0 Å². The van der Waals surface area contributed by atoms with E-state index in [4.69, 9.17) is 11.0 Å². The first-order valence-corrected chi connectivity index (χ1v) is 5.41. The molecule has 0 aromatic carbocycles. The minimum Gasteiger partial charge on any atom is -0.383 e. The maximum atomic E-state index is 8.66. The van der Waals surface area contributed by atoms with Gasteiger partial charge in [0.05, 0.1) is 11.6 Å². The van der Waals surface area contributed by atoms with Gasteiger partial charge in [-0.25, -0.2) is 19.6 Å². The predicted octanol–water partition coefficient (Wildman–Crippen LogP) is -0.543. The first-order valence-electron chi connectivity index (χ1n) is 5.41. The van der Waals surface area contributed by atoms with Crippen LogP contribution in [0.5, 0.6) is 0 Å². The summed E-state index contributed by atoms with van der Waals surface area (Å²) in [5, 5.41) is 17.4. The van der Waals surface area contributed by atoms with Gasteiger partial charge in [-0.2, -0.15) is 10.4 Å². The van der Waals surface area contributed by atoms with E-state index in [9.17, 15) is 0 Å². The number of nitrogens with zero attached hydrogens (tertiary/aromatic N) is 8. The Morgan fingerprint density at radius 3 is 3.00 bits per heavy atom. The Bertz CT molecular complexity index is 791. The molecule has 0 fully saturated rings. The first-order chi connectivity index (χ1) is 9.17. The van der Waals surface area contributed by atoms with E-state index in [2.05, 4.69) is 25.1 Å². The number of nitriles is 1. The summed E-state index contributed by atoms with van der Waals surface area (Å²) in [4.78, 5) is 12.4. The number of hydrogen-bond donors (Lipinski definition) is 1. The number of nitrogens with two attached hydrogens (primary N) is 1. The van der Waals surface area contributed by atoms with Gasteiger partial charge in [0.15, 0.2) is 11.5 Å². The van der Waals surface area contributed by atoms with Gasteiger partial charge in [-0.15, -0.1) is 5.10 Å². The molecule has 0 radical (unpaired) electrons. The number of aryl methyl sites for hydroxylation is 1. The molecule has 0 atom stereocenters. The molecule has 0 aliphatic heterocycles. The molecule has 0 aliphatic carbocycles. The van der Waals surface area contributed by atoms with Crippen LogP contribution in [-0.4, -0.2) is 34.5 Å². The summed E-state index contributed by atoms with van der Waals surface area (Å²) in [7, 11) is 1.78. The van der Waals surface area contributed by atoms with Gasteiger partial charge < -0.3 is 5.73 Å². The van der Waals surface area contributed by atoms with Crippen molar-refractivity contribution in [1.82, 2.24) is 34.5 Å². The lowest BCUT2D eigenvalue weighted by Gasteiger charge is -2.02. The first kappa shape index (κ1) is 11.1. The van der Waals surface area contributed by atoms with Gasteiger partial charge in [0.25, 0.3) is 5.82 Å². The lowest BCUT2D eigenvalue weighted by molar-refractivity contribution is 0.652. The van der Waals surface area contributed by atoms with Gasteiger partial charge in [-0.05, 0) is 0 Å². The topological polar surface area (TPSA) is 124 Å². The van der Waals surface area contributed by atoms with E-state index in [0.29, 0.717) is 29.2 Å². The van der Waals surface area contributed by atoms with Gasteiger partial charge in [-0.3, -0.25) is 4.68 Å². The van der Waals surface area contributed by atoms with Crippen LogP contribution in [0.2, 0.25) is 0 Å². The summed E-state index contributed by atoms with van der Waals surface area (Å²) in [5.74, 6) is 0.964. The molecule has 2 N–H and O–H groups in total. The summed E-state index contributed by atoms with van der Waals surface area (Å²) in [5.41, 5.74) is 6.51. The van der Waals surface area contributed by atoms with Crippen LogP contribution >= 0.6 is 0 Å². The molecular weight excluding hydrogens is 246 g/mol. The molecule has 9 nitrogen and oxygen atoms in total. The van der Waals surface area contributed by atoms with E-state index >= 15 is 0 Å². The lowest BCUT2D eigenvalue weighted by atomic mass is 10.4. The van der Waals surface area contributed by atoms with Crippen molar-refractivity contribution in [2.75, 3.05) is 5.73 Å². The second kappa shape index (κ2) is 4.02. The van der Waals surface area contributed by atoms with Gasteiger partial charge in [0.1, 0.15) is 24.8 Å². The van der Waals surface area contributed by atoms with Crippen molar-refractivity contribution in [1.29, 1.82) is 5.26 Å². The third kappa shape index (κ3) is 1.85. The van der Waals surface area contributed by atoms with Crippen LogP contribution in [0.1, 0.15) is 11.6 Å². The molecule has 0 bridgehead atoms. The Morgan fingerprint density at radius 1 is 1.42 bits per heavy atom. The van der Waals surface area contributed by atoms with Crippen molar-refractivity contribution in [3.8, 4) is 6.07 Å². The fourth-order valence-corrected chi connectivity index (χ4v) is 1.73. The zero-order valence-electron chi connectivity index (χ0n) is 10.0. The Hall–Kier alpha value is -3.02. The van der Waals surface area contributed by atoms with Crippen molar-refractivity contribution < 1.29 is 0 Å². The van der Waals surface area contributed by atoms with Gasteiger partial charge >= 0.3 is 0 Å². The second-order valence-electron chi connectivity index (χ2n) is 3.91. The van der Waals surface area contributed by atoms with Crippen LogP contribution in [0.3, 0.4) is 0 Å². The van der Waals surface area contributed by atoms with Crippen LogP contribution in [0, 0.1) is 11.3 Å². The number of nitrogen functional groups attached to an aromatic ring is 1. The number of hydrogen-bond acceptors (Lipinski definition) is 7. The van der Waals surface area contributed by atoms with E-state index in [-0.39, 0.29) is 5.82 Å². The molecule has 0 saturated carbocycles. The number of aromatic nitrogens is 7. The minimum atomic E-state index is 0.106. The average Bonchev–Trinajstić information content (AvgIpc) is 2.98. The predicted molar refractivity (Wildman–Crippen MR) is 64.6 cm³/mol. The third-order valence-corrected chi connectivity index (χ3v) is 2.61. The Balaban J connectivity index is 2.01. The van der Waals surface area contributed by atoms with E-state index in [0.717, 1.165) is 0 Å². The monoisotopic (exact) mass is 255 g/mol. The second-order valence-corrected chi connectivity index (χ2v) is 3.91. The molecule has 0 amide bonds.